The Bertz CT molecular complexity index is 620. The van der Waals surface area contributed by atoms with Crippen LogP contribution in [-0.4, -0.2) is 12.5 Å². The second kappa shape index (κ2) is 8.99. The van der Waals surface area contributed by atoms with E-state index in [1.54, 1.807) is 0 Å². The molecular weight excluding hydrogens is 286 g/mol. The SMILES string of the molecule is CCCCc1ccc(NC(=O)COc2cccc(CC)c2)cc1. The summed E-state index contributed by atoms with van der Waals surface area (Å²) in [5.41, 5.74) is 3.31. The maximum absolute atomic E-state index is 12.0. The maximum atomic E-state index is 12.0. The molecule has 3 heteroatoms. The molecule has 0 radical (unpaired) electrons. The third kappa shape index (κ3) is 5.78. The van der Waals surface area contributed by atoms with Gasteiger partial charge in [-0.2, -0.15) is 0 Å². The lowest BCUT2D eigenvalue weighted by Crippen LogP contribution is -2.20. The highest BCUT2D eigenvalue weighted by atomic mass is 16.5. The highest BCUT2D eigenvalue weighted by molar-refractivity contribution is 5.91. The monoisotopic (exact) mass is 311 g/mol. The summed E-state index contributed by atoms with van der Waals surface area (Å²) >= 11 is 0. The fraction of sp³-hybridized carbons (Fsp3) is 0.350. The molecule has 3 nitrogen and oxygen atoms in total. The lowest BCUT2D eigenvalue weighted by atomic mass is 10.1. The molecule has 23 heavy (non-hydrogen) atoms. The van der Waals surface area contributed by atoms with E-state index in [-0.39, 0.29) is 12.5 Å². The topological polar surface area (TPSA) is 38.3 Å². The molecule has 0 aromatic heterocycles. The van der Waals surface area contributed by atoms with Crippen molar-refractivity contribution in [2.24, 2.45) is 0 Å². The number of unbranched alkanes of at least 4 members (excludes halogenated alkanes) is 1. The number of ether oxygens (including phenoxy) is 1. The summed E-state index contributed by atoms with van der Waals surface area (Å²) in [6, 6.07) is 15.9. The van der Waals surface area contributed by atoms with Gasteiger partial charge in [0.05, 0.1) is 0 Å². The van der Waals surface area contributed by atoms with Crippen molar-refractivity contribution in [2.75, 3.05) is 11.9 Å². The van der Waals surface area contributed by atoms with Crippen molar-refractivity contribution in [1.82, 2.24) is 0 Å². The predicted octanol–water partition coefficient (Wildman–Crippen LogP) is 4.61. The predicted molar refractivity (Wildman–Crippen MR) is 95.0 cm³/mol. The molecule has 2 aromatic rings. The number of carbonyl (C=O) groups excluding carboxylic acids is 1. The lowest BCUT2D eigenvalue weighted by Gasteiger charge is -2.09. The van der Waals surface area contributed by atoms with Gasteiger partial charge in [0.1, 0.15) is 5.75 Å². The van der Waals surface area contributed by atoms with Gasteiger partial charge in [0.15, 0.2) is 6.61 Å². The number of anilines is 1. The minimum Gasteiger partial charge on any atom is -0.484 e. The molecule has 2 aromatic carbocycles. The molecule has 0 fully saturated rings. The Morgan fingerprint density at radius 3 is 2.52 bits per heavy atom. The molecule has 0 aliphatic rings. The van der Waals surface area contributed by atoms with Crippen LogP contribution in [0.3, 0.4) is 0 Å². The van der Waals surface area contributed by atoms with Gasteiger partial charge < -0.3 is 10.1 Å². The quantitative estimate of drug-likeness (QED) is 0.773. The van der Waals surface area contributed by atoms with E-state index in [1.807, 2.05) is 36.4 Å². The van der Waals surface area contributed by atoms with E-state index < -0.39 is 0 Å². The van der Waals surface area contributed by atoms with Crippen molar-refractivity contribution < 1.29 is 9.53 Å². The van der Waals surface area contributed by atoms with Crippen LogP contribution in [0.5, 0.6) is 5.75 Å². The summed E-state index contributed by atoms with van der Waals surface area (Å²) in [6.07, 6.45) is 4.42. The molecule has 1 amide bonds. The smallest absolute Gasteiger partial charge is 0.262 e. The number of amides is 1. The first-order valence-electron chi connectivity index (χ1n) is 8.31. The zero-order valence-corrected chi connectivity index (χ0v) is 14.0. The number of aryl methyl sites for hydroxylation is 2. The van der Waals surface area contributed by atoms with Crippen LogP contribution in [0.4, 0.5) is 5.69 Å². The number of hydrogen-bond donors (Lipinski definition) is 1. The minimum absolute atomic E-state index is 0.0186. The first kappa shape index (κ1) is 17.1. The van der Waals surface area contributed by atoms with Crippen LogP contribution in [0.1, 0.15) is 37.8 Å². The van der Waals surface area contributed by atoms with E-state index >= 15 is 0 Å². The molecule has 0 saturated heterocycles. The van der Waals surface area contributed by atoms with Crippen LogP contribution >= 0.6 is 0 Å². The highest BCUT2D eigenvalue weighted by Crippen LogP contribution is 2.14. The van der Waals surface area contributed by atoms with E-state index in [0.29, 0.717) is 0 Å². The largest absolute Gasteiger partial charge is 0.484 e. The highest BCUT2D eigenvalue weighted by Gasteiger charge is 2.04. The molecule has 0 aliphatic carbocycles. The number of carbonyl (C=O) groups is 1. The Morgan fingerprint density at radius 2 is 1.83 bits per heavy atom. The molecule has 0 saturated carbocycles. The van der Waals surface area contributed by atoms with E-state index in [4.69, 9.17) is 4.74 Å². The second-order valence-electron chi connectivity index (χ2n) is 5.64. The van der Waals surface area contributed by atoms with Crippen LogP contribution in [0, 0.1) is 0 Å². The molecule has 0 bridgehead atoms. The maximum Gasteiger partial charge on any atom is 0.262 e. The Morgan fingerprint density at radius 1 is 1.04 bits per heavy atom. The Kier molecular flexibility index (Phi) is 6.67. The summed E-state index contributed by atoms with van der Waals surface area (Å²) in [6.45, 7) is 4.30. The molecule has 0 spiro atoms. The van der Waals surface area contributed by atoms with Crippen LogP contribution in [0.2, 0.25) is 0 Å². The van der Waals surface area contributed by atoms with Crippen molar-refractivity contribution in [3.8, 4) is 5.75 Å². The van der Waals surface area contributed by atoms with Gasteiger partial charge in [-0.05, 0) is 54.7 Å². The van der Waals surface area contributed by atoms with Gasteiger partial charge in [-0.15, -0.1) is 0 Å². The van der Waals surface area contributed by atoms with Gasteiger partial charge in [0.25, 0.3) is 5.91 Å². The third-order valence-corrected chi connectivity index (χ3v) is 3.73. The first-order chi connectivity index (χ1) is 11.2. The van der Waals surface area contributed by atoms with Crippen molar-refractivity contribution in [2.45, 2.75) is 39.5 Å². The van der Waals surface area contributed by atoms with Crippen molar-refractivity contribution in [3.05, 3.63) is 59.7 Å². The number of nitrogens with one attached hydrogen (secondary N) is 1. The molecule has 0 unspecified atom stereocenters. The molecule has 1 N–H and O–H groups in total. The van der Waals surface area contributed by atoms with Crippen molar-refractivity contribution in [3.63, 3.8) is 0 Å². The summed E-state index contributed by atoms with van der Waals surface area (Å²) < 4.78 is 5.55. The van der Waals surface area contributed by atoms with Crippen LogP contribution < -0.4 is 10.1 Å². The van der Waals surface area contributed by atoms with E-state index in [2.05, 4.69) is 31.3 Å². The second-order valence-corrected chi connectivity index (χ2v) is 5.64. The van der Waals surface area contributed by atoms with Gasteiger partial charge in [0.2, 0.25) is 0 Å². The summed E-state index contributed by atoms with van der Waals surface area (Å²) in [4.78, 5) is 12.0. The fourth-order valence-corrected chi connectivity index (χ4v) is 2.34. The van der Waals surface area contributed by atoms with Crippen LogP contribution in [0.25, 0.3) is 0 Å². The van der Waals surface area contributed by atoms with E-state index in [1.165, 1.54) is 24.0 Å². The normalized spacial score (nSPS) is 10.3. The van der Waals surface area contributed by atoms with Crippen LogP contribution in [-0.2, 0) is 17.6 Å². The zero-order chi connectivity index (χ0) is 16.5. The third-order valence-electron chi connectivity index (χ3n) is 3.73. The summed E-state index contributed by atoms with van der Waals surface area (Å²) in [5, 5.41) is 2.86. The minimum atomic E-state index is -0.145. The first-order valence-corrected chi connectivity index (χ1v) is 8.31. The number of hydrogen-bond acceptors (Lipinski definition) is 2. The van der Waals surface area contributed by atoms with Crippen molar-refractivity contribution in [1.29, 1.82) is 0 Å². The summed E-state index contributed by atoms with van der Waals surface area (Å²) in [7, 11) is 0. The van der Waals surface area contributed by atoms with Crippen molar-refractivity contribution >= 4 is 11.6 Å². The molecular formula is C20H25NO2. The van der Waals surface area contributed by atoms with Crippen LogP contribution in [0.15, 0.2) is 48.5 Å². The van der Waals surface area contributed by atoms with Gasteiger partial charge in [-0.25, -0.2) is 0 Å². The Balaban J connectivity index is 1.82. The molecule has 0 atom stereocenters. The Labute approximate surface area is 138 Å². The molecule has 2 rings (SSSR count). The fourth-order valence-electron chi connectivity index (χ4n) is 2.34. The van der Waals surface area contributed by atoms with E-state index in [9.17, 15) is 4.79 Å². The average molecular weight is 311 g/mol. The zero-order valence-electron chi connectivity index (χ0n) is 14.0. The van der Waals surface area contributed by atoms with Gasteiger partial charge in [-0.3, -0.25) is 4.79 Å². The van der Waals surface area contributed by atoms with Gasteiger partial charge >= 0.3 is 0 Å². The standard InChI is InChI=1S/C20H25NO2/c1-3-5-7-17-10-12-18(13-11-17)21-20(22)15-23-19-9-6-8-16(4-2)14-19/h6,8-14H,3-5,7,15H2,1-2H3,(H,21,22). The number of rotatable bonds is 8. The molecule has 0 heterocycles. The number of benzene rings is 2. The van der Waals surface area contributed by atoms with Gasteiger partial charge in [0, 0.05) is 5.69 Å². The molecule has 122 valence electrons. The average Bonchev–Trinajstić information content (AvgIpc) is 2.59. The molecule has 0 aliphatic heterocycles. The summed E-state index contributed by atoms with van der Waals surface area (Å²) in [5.74, 6) is 0.586. The van der Waals surface area contributed by atoms with Gasteiger partial charge in [-0.1, -0.05) is 44.5 Å². The van der Waals surface area contributed by atoms with E-state index in [0.717, 1.165) is 24.3 Å². The lowest BCUT2D eigenvalue weighted by molar-refractivity contribution is -0.118. The Hall–Kier alpha value is -2.29.